The number of rotatable bonds is 9. The molecule has 0 saturated carbocycles. The summed E-state index contributed by atoms with van der Waals surface area (Å²) in [5.41, 5.74) is 0.790. The minimum atomic E-state index is -4.11. The van der Waals surface area contributed by atoms with E-state index in [9.17, 15) is 17.6 Å². The number of ether oxygens (including phenoxy) is 1. The first kappa shape index (κ1) is 16.3. The topological polar surface area (TPSA) is 34.1 Å². The smallest absolute Gasteiger partial charge is 0.330 e. The number of nitrogens with zero attached hydrogens (tertiary/aromatic N) is 1. The summed E-state index contributed by atoms with van der Waals surface area (Å²) < 4.78 is 53.4. The van der Waals surface area contributed by atoms with Crippen molar-refractivity contribution in [2.75, 3.05) is 13.2 Å². The lowest BCUT2D eigenvalue weighted by atomic mass is 10.4. The normalized spacial score (nSPS) is 12.3. The van der Waals surface area contributed by atoms with Crippen LogP contribution in [-0.2, 0) is 17.9 Å². The summed E-state index contributed by atoms with van der Waals surface area (Å²) in [5.74, 6) is -4.11. The molecule has 0 aliphatic heterocycles. The summed E-state index contributed by atoms with van der Waals surface area (Å²) in [4.78, 5) is 4.15. The minimum Gasteiger partial charge on any atom is -0.368 e. The van der Waals surface area contributed by atoms with Gasteiger partial charge < -0.3 is 10.1 Å². The van der Waals surface area contributed by atoms with Gasteiger partial charge in [-0.1, -0.05) is 6.92 Å². The number of alkyl halides is 4. The van der Waals surface area contributed by atoms with Gasteiger partial charge in [-0.05, 0) is 13.0 Å². The van der Waals surface area contributed by atoms with E-state index in [1.807, 2.05) is 6.92 Å². The summed E-state index contributed by atoms with van der Waals surface area (Å²) >= 11 is 1.26. The SMILES string of the molecule is CCCNCc1csc(COCC(F)(F)C(F)F)n1. The van der Waals surface area contributed by atoms with E-state index in [1.54, 1.807) is 5.38 Å². The molecule has 0 spiro atoms. The van der Waals surface area contributed by atoms with Crippen LogP contribution in [0.2, 0.25) is 0 Å². The second kappa shape index (κ2) is 7.76. The van der Waals surface area contributed by atoms with Gasteiger partial charge in [-0.2, -0.15) is 8.78 Å². The molecule has 3 nitrogen and oxygen atoms in total. The molecule has 8 heteroatoms. The van der Waals surface area contributed by atoms with Crippen molar-refractivity contribution in [1.29, 1.82) is 0 Å². The first-order valence-corrected chi connectivity index (χ1v) is 6.71. The molecule has 0 amide bonds. The largest absolute Gasteiger partial charge is 0.368 e. The zero-order valence-electron chi connectivity index (χ0n) is 10.5. The second-order valence-electron chi connectivity index (χ2n) is 3.96. The van der Waals surface area contributed by atoms with Gasteiger partial charge in [0.25, 0.3) is 0 Å². The van der Waals surface area contributed by atoms with Crippen LogP contribution in [0.5, 0.6) is 0 Å². The summed E-state index contributed by atoms with van der Waals surface area (Å²) in [6, 6.07) is 0. The maximum atomic E-state index is 12.6. The molecule has 1 aromatic rings. The fraction of sp³-hybridized carbons (Fsp3) is 0.727. The Morgan fingerprint density at radius 1 is 1.47 bits per heavy atom. The molecule has 0 atom stereocenters. The van der Waals surface area contributed by atoms with E-state index in [2.05, 4.69) is 15.0 Å². The Bertz CT molecular complexity index is 373. The molecule has 0 fully saturated rings. The average Bonchev–Trinajstić information content (AvgIpc) is 2.77. The highest BCUT2D eigenvalue weighted by Gasteiger charge is 2.40. The maximum absolute atomic E-state index is 12.6. The van der Waals surface area contributed by atoms with Crippen LogP contribution >= 0.6 is 11.3 Å². The summed E-state index contributed by atoms with van der Waals surface area (Å²) in [7, 11) is 0. The van der Waals surface area contributed by atoms with Gasteiger partial charge in [0.2, 0.25) is 0 Å². The molecule has 0 aliphatic rings. The molecule has 0 unspecified atom stereocenters. The lowest BCUT2D eigenvalue weighted by molar-refractivity contribution is -0.168. The highest BCUT2D eigenvalue weighted by molar-refractivity contribution is 7.09. The van der Waals surface area contributed by atoms with Gasteiger partial charge in [-0.3, -0.25) is 0 Å². The number of nitrogens with one attached hydrogen (secondary N) is 1. The average molecular weight is 300 g/mol. The van der Waals surface area contributed by atoms with Gasteiger partial charge in [0.1, 0.15) is 11.6 Å². The Morgan fingerprint density at radius 2 is 2.21 bits per heavy atom. The fourth-order valence-electron chi connectivity index (χ4n) is 1.23. The van der Waals surface area contributed by atoms with E-state index < -0.39 is 19.0 Å². The molecule has 0 saturated heterocycles. The molecule has 0 aliphatic carbocycles. The predicted octanol–water partition coefficient (Wildman–Crippen LogP) is 3.06. The molecule has 1 N–H and O–H groups in total. The summed E-state index contributed by atoms with van der Waals surface area (Å²) in [5, 5.41) is 5.43. The molecule has 110 valence electrons. The van der Waals surface area contributed by atoms with Crippen LogP contribution in [0.3, 0.4) is 0 Å². The van der Waals surface area contributed by atoms with Gasteiger partial charge in [-0.25, -0.2) is 13.8 Å². The van der Waals surface area contributed by atoms with Crippen molar-refractivity contribution in [2.24, 2.45) is 0 Å². The predicted molar refractivity (Wildman–Crippen MR) is 64.7 cm³/mol. The van der Waals surface area contributed by atoms with Crippen molar-refractivity contribution >= 4 is 11.3 Å². The second-order valence-corrected chi connectivity index (χ2v) is 4.91. The molecular formula is C11H16F4N2OS. The van der Waals surface area contributed by atoms with Crippen LogP contribution in [-0.4, -0.2) is 30.5 Å². The third-order valence-electron chi connectivity index (χ3n) is 2.17. The number of hydrogen-bond acceptors (Lipinski definition) is 4. The van der Waals surface area contributed by atoms with E-state index in [-0.39, 0.29) is 6.61 Å². The van der Waals surface area contributed by atoms with E-state index in [0.29, 0.717) is 11.6 Å². The standard InChI is InChI=1S/C11H16F4N2OS/c1-2-3-16-4-8-6-19-9(17-8)5-18-7-11(14,15)10(12)13/h6,10,16H,2-5,7H2,1H3. The fourth-order valence-corrected chi connectivity index (χ4v) is 1.96. The van der Waals surface area contributed by atoms with Crippen molar-refractivity contribution < 1.29 is 22.3 Å². The number of halogens is 4. The van der Waals surface area contributed by atoms with E-state index >= 15 is 0 Å². The third-order valence-corrected chi connectivity index (χ3v) is 3.04. The Hall–Kier alpha value is -0.730. The van der Waals surface area contributed by atoms with Crippen molar-refractivity contribution in [3.63, 3.8) is 0 Å². The first-order valence-electron chi connectivity index (χ1n) is 5.83. The lowest BCUT2D eigenvalue weighted by Gasteiger charge is -2.14. The molecule has 1 heterocycles. The molecule has 0 radical (unpaired) electrons. The Kier molecular flexibility index (Phi) is 6.67. The molecule has 19 heavy (non-hydrogen) atoms. The molecule has 1 rings (SSSR count). The number of aromatic nitrogens is 1. The van der Waals surface area contributed by atoms with E-state index in [0.717, 1.165) is 18.7 Å². The van der Waals surface area contributed by atoms with E-state index in [4.69, 9.17) is 0 Å². The summed E-state index contributed by atoms with van der Waals surface area (Å²) in [6.45, 7) is 2.02. The quantitative estimate of drug-likeness (QED) is 0.562. The molecule has 0 bridgehead atoms. The lowest BCUT2D eigenvalue weighted by Crippen LogP contribution is -2.32. The van der Waals surface area contributed by atoms with Gasteiger partial charge >= 0.3 is 12.3 Å². The highest BCUT2D eigenvalue weighted by atomic mass is 32.1. The monoisotopic (exact) mass is 300 g/mol. The van der Waals surface area contributed by atoms with Gasteiger partial charge in [-0.15, -0.1) is 11.3 Å². The molecule has 0 aromatic carbocycles. The van der Waals surface area contributed by atoms with Crippen LogP contribution in [0.4, 0.5) is 17.6 Å². The Balaban J connectivity index is 2.30. The van der Waals surface area contributed by atoms with Crippen LogP contribution < -0.4 is 5.32 Å². The zero-order chi connectivity index (χ0) is 14.3. The van der Waals surface area contributed by atoms with Crippen molar-refractivity contribution in [3.8, 4) is 0 Å². The zero-order valence-corrected chi connectivity index (χ0v) is 11.3. The van der Waals surface area contributed by atoms with Crippen molar-refractivity contribution in [1.82, 2.24) is 10.3 Å². The van der Waals surface area contributed by atoms with Crippen molar-refractivity contribution in [3.05, 3.63) is 16.1 Å². The summed E-state index contributed by atoms with van der Waals surface area (Å²) in [6.07, 6.45) is -2.71. The van der Waals surface area contributed by atoms with E-state index in [1.165, 1.54) is 11.3 Å². The van der Waals surface area contributed by atoms with Crippen LogP contribution in [0.1, 0.15) is 24.0 Å². The van der Waals surface area contributed by atoms with Gasteiger partial charge in [0, 0.05) is 11.9 Å². The molecule has 1 aromatic heterocycles. The number of thiazole rings is 1. The van der Waals surface area contributed by atoms with Crippen LogP contribution in [0.25, 0.3) is 0 Å². The van der Waals surface area contributed by atoms with Crippen molar-refractivity contribution in [2.45, 2.75) is 38.8 Å². The number of hydrogen-bond donors (Lipinski definition) is 1. The van der Waals surface area contributed by atoms with Gasteiger partial charge in [0.05, 0.1) is 12.3 Å². The maximum Gasteiger partial charge on any atom is 0.330 e. The van der Waals surface area contributed by atoms with Crippen LogP contribution in [0, 0.1) is 0 Å². The van der Waals surface area contributed by atoms with Crippen LogP contribution in [0.15, 0.2) is 5.38 Å². The molecular weight excluding hydrogens is 284 g/mol. The first-order chi connectivity index (χ1) is 8.95. The Labute approximate surface area is 113 Å². The Morgan fingerprint density at radius 3 is 2.84 bits per heavy atom. The third kappa shape index (κ3) is 5.84. The minimum absolute atomic E-state index is 0.180. The highest BCUT2D eigenvalue weighted by Crippen LogP contribution is 2.23. The van der Waals surface area contributed by atoms with Gasteiger partial charge in [0.15, 0.2) is 0 Å².